The summed E-state index contributed by atoms with van der Waals surface area (Å²) in [5, 5.41) is 7.51. The van der Waals surface area contributed by atoms with Crippen molar-refractivity contribution in [2.24, 2.45) is 0 Å². The third-order valence-electron chi connectivity index (χ3n) is 3.58. The fourth-order valence-electron chi connectivity index (χ4n) is 2.35. The van der Waals surface area contributed by atoms with E-state index in [9.17, 15) is 14.0 Å². The van der Waals surface area contributed by atoms with E-state index in [0.29, 0.717) is 17.4 Å². The summed E-state index contributed by atoms with van der Waals surface area (Å²) in [6.07, 6.45) is 1.54. The van der Waals surface area contributed by atoms with Gasteiger partial charge in [-0.3, -0.25) is 14.9 Å². The molecule has 0 aliphatic heterocycles. The number of aromatic nitrogens is 2. The number of anilines is 3. The van der Waals surface area contributed by atoms with Gasteiger partial charge in [-0.25, -0.2) is 14.4 Å². The summed E-state index contributed by atoms with van der Waals surface area (Å²) in [6, 6.07) is 9.28. The Balaban J connectivity index is 1.72. The van der Waals surface area contributed by atoms with Crippen molar-refractivity contribution in [1.29, 1.82) is 0 Å². The quantitative estimate of drug-likeness (QED) is 0.587. The van der Waals surface area contributed by atoms with Crippen LogP contribution in [0.15, 0.2) is 48.0 Å². The molecular weight excluding hydrogens is 383 g/mol. The van der Waals surface area contributed by atoms with E-state index in [1.54, 1.807) is 42.6 Å². The van der Waals surface area contributed by atoms with Crippen molar-refractivity contribution < 1.29 is 18.7 Å². The number of hydrogen-bond donors (Lipinski definition) is 2. The summed E-state index contributed by atoms with van der Waals surface area (Å²) in [6.45, 7) is 2.02. The first-order valence-electron chi connectivity index (χ1n) is 8.44. The molecule has 144 valence electrons. The van der Waals surface area contributed by atoms with Crippen LogP contribution >= 0.6 is 11.3 Å². The molecular formula is C19H17FN4O3S. The Morgan fingerprint density at radius 1 is 1.21 bits per heavy atom. The fourth-order valence-corrected chi connectivity index (χ4v) is 3.05. The molecule has 0 bridgehead atoms. The number of carbonyl (C=O) groups excluding carboxylic acids is 2. The van der Waals surface area contributed by atoms with Crippen LogP contribution < -0.4 is 10.6 Å². The maximum atomic E-state index is 13.9. The molecule has 3 aromatic rings. The zero-order chi connectivity index (χ0) is 19.9. The van der Waals surface area contributed by atoms with Crippen LogP contribution in [0.5, 0.6) is 0 Å². The Morgan fingerprint density at radius 3 is 2.82 bits per heavy atom. The topological polar surface area (TPSA) is 93.2 Å². The number of rotatable bonds is 7. The third-order valence-corrected chi connectivity index (χ3v) is 4.39. The number of para-hydroxylation sites is 1. The number of amides is 1. The van der Waals surface area contributed by atoms with Crippen molar-refractivity contribution in [3.8, 4) is 0 Å². The number of nitrogens with zero attached hydrogens (tertiary/aromatic N) is 2. The Labute approximate surface area is 164 Å². The lowest BCUT2D eigenvalue weighted by Gasteiger charge is -2.10. The van der Waals surface area contributed by atoms with Gasteiger partial charge in [0, 0.05) is 11.6 Å². The monoisotopic (exact) mass is 400 g/mol. The molecule has 0 spiro atoms. The number of halogens is 1. The standard InChI is InChI=1S/C19H17FN4O3S/c1-2-27-16(25)10-12-11-28-19(22-12)24-18(26)13-6-5-9-21-17(13)23-15-8-4-3-7-14(15)20/h3-9,11H,2,10H2,1H3,(H,21,23)(H,22,24,26). The summed E-state index contributed by atoms with van der Waals surface area (Å²) >= 11 is 1.19. The summed E-state index contributed by atoms with van der Waals surface area (Å²) in [7, 11) is 0. The Bertz CT molecular complexity index is 993. The van der Waals surface area contributed by atoms with Crippen molar-refractivity contribution in [3.63, 3.8) is 0 Å². The normalized spacial score (nSPS) is 10.4. The second-order valence-electron chi connectivity index (χ2n) is 5.58. The van der Waals surface area contributed by atoms with Gasteiger partial charge in [-0.15, -0.1) is 11.3 Å². The number of ether oxygens (including phenoxy) is 1. The molecule has 0 atom stereocenters. The molecule has 0 aliphatic carbocycles. The van der Waals surface area contributed by atoms with E-state index in [4.69, 9.17) is 4.74 Å². The Morgan fingerprint density at radius 2 is 2.04 bits per heavy atom. The molecule has 7 nitrogen and oxygen atoms in total. The predicted molar refractivity (Wildman–Crippen MR) is 104 cm³/mol. The van der Waals surface area contributed by atoms with Crippen molar-refractivity contribution in [2.75, 3.05) is 17.2 Å². The molecule has 0 saturated heterocycles. The molecule has 0 fully saturated rings. The zero-order valence-corrected chi connectivity index (χ0v) is 15.8. The van der Waals surface area contributed by atoms with E-state index in [-0.39, 0.29) is 29.5 Å². The summed E-state index contributed by atoms with van der Waals surface area (Å²) in [5.74, 6) is -1.07. The maximum Gasteiger partial charge on any atom is 0.311 e. The lowest BCUT2D eigenvalue weighted by atomic mass is 10.2. The van der Waals surface area contributed by atoms with E-state index in [2.05, 4.69) is 20.6 Å². The lowest BCUT2D eigenvalue weighted by molar-refractivity contribution is -0.142. The van der Waals surface area contributed by atoms with Crippen LogP contribution in [-0.4, -0.2) is 28.5 Å². The molecule has 28 heavy (non-hydrogen) atoms. The van der Waals surface area contributed by atoms with Crippen LogP contribution in [0.2, 0.25) is 0 Å². The highest BCUT2D eigenvalue weighted by Crippen LogP contribution is 2.23. The number of esters is 1. The van der Waals surface area contributed by atoms with Crippen molar-refractivity contribution in [3.05, 3.63) is 65.0 Å². The second kappa shape index (κ2) is 9.05. The number of thiazole rings is 1. The van der Waals surface area contributed by atoms with E-state index >= 15 is 0 Å². The van der Waals surface area contributed by atoms with Crippen LogP contribution in [0, 0.1) is 5.82 Å². The van der Waals surface area contributed by atoms with Crippen molar-refractivity contribution in [2.45, 2.75) is 13.3 Å². The van der Waals surface area contributed by atoms with Crippen molar-refractivity contribution >= 4 is 39.9 Å². The first-order chi connectivity index (χ1) is 13.6. The van der Waals surface area contributed by atoms with Gasteiger partial charge in [-0.1, -0.05) is 12.1 Å². The minimum absolute atomic E-state index is 0.0349. The smallest absolute Gasteiger partial charge is 0.311 e. The summed E-state index contributed by atoms with van der Waals surface area (Å²) in [4.78, 5) is 32.5. The molecule has 0 aliphatic rings. The number of hydrogen-bond acceptors (Lipinski definition) is 7. The fraction of sp³-hybridized carbons (Fsp3) is 0.158. The number of benzene rings is 1. The molecule has 0 saturated carbocycles. The molecule has 0 unspecified atom stereocenters. The van der Waals surface area contributed by atoms with Gasteiger partial charge >= 0.3 is 5.97 Å². The SMILES string of the molecule is CCOC(=O)Cc1csc(NC(=O)c2cccnc2Nc2ccccc2F)n1. The van der Waals surface area contributed by atoms with Crippen molar-refractivity contribution in [1.82, 2.24) is 9.97 Å². The highest BCUT2D eigenvalue weighted by molar-refractivity contribution is 7.14. The van der Waals surface area contributed by atoms with Gasteiger partial charge in [0.25, 0.3) is 5.91 Å². The van der Waals surface area contributed by atoms with Gasteiger partial charge in [-0.2, -0.15) is 0 Å². The minimum atomic E-state index is -0.456. The number of carbonyl (C=O) groups is 2. The van der Waals surface area contributed by atoms with E-state index < -0.39 is 11.7 Å². The highest BCUT2D eigenvalue weighted by Gasteiger charge is 2.16. The van der Waals surface area contributed by atoms with E-state index in [1.807, 2.05) is 0 Å². The average Bonchev–Trinajstić information content (AvgIpc) is 3.10. The molecule has 1 amide bonds. The van der Waals surface area contributed by atoms with Gasteiger partial charge in [0.05, 0.1) is 30.0 Å². The van der Waals surface area contributed by atoms with Gasteiger partial charge in [0.15, 0.2) is 5.13 Å². The van der Waals surface area contributed by atoms with E-state index in [1.165, 1.54) is 23.6 Å². The third kappa shape index (κ3) is 4.89. The first kappa shape index (κ1) is 19.4. The summed E-state index contributed by atoms with van der Waals surface area (Å²) in [5.41, 5.74) is 0.948. The minimum Gasteiger partial charge on any atom is -0.466 e. The molecule has 9 heteroatoms. The van der Waals surface area contributed by atoms with Gasteiger partial charge in [0.2, 0.25) is 0 Å². The second-order valence-corrected chi connectivity index (χ2v) is 6.44. The van der Waals surface area contributed by atoms with Crippen LogP contribution in [0.4, 0.5) is 21.0 Å². The van der Waals surface area contributed by atoms with Crippen LogP contribution in [0.3, 0.4) is 0 Å². The average molecular weight is 400 g/mol. The largest absolute Gasteiger partial charge is 0.466 e. The van der Waals surface area contributed by atoms with Gasteiger partial charge in [-0.05, 0) is 31.2 Å². The van der Waals surface area contributed by atoms with Crippen LogP contribution in [-0.2, 0) is 16.0 Å². The lowest BCUT2D eigenvalue weighted by Crippen LogP contribution is -2.15. The molecule has 3 rings (SSSR count). The number of nitrogens with one attached hydrogen (secondary N) is 2. The molecule has 1 aromatic carbocycles. The highest BCUT2D eigenvalue weighted by atomic mass is 32.1. The van der Waals surface area contributed by atoms with Crippen LogP contribution in [0.1, 0.15) is 23.0 Å². The van der Waals surface area contributed by atoms with Gasteiger partial charge < -0.3 is 10.1 Å². The zero-order valence-electron chi connectivity index (χ0n) is 14.9. The van der Waals surface area contributed by atoms with Gasteiger partial charge in [0.1, 0.15) is 11.6 Å². The number of pyridine rings is 1. The Kier molecular flexibility index (Phi) is 6.28. The molecule has 2 heterocycles. The molecule has 2 aromatic heterocycles. The van der Waals surface area contributed by atoms with E-state index in [0.717, 1.165) is 0 Å². The summed E-state index contributed by atoms with van der Waals surface area (Å²) < 4.78 is 18.8. The first-order valence-corrected chi connectivity index (χ1v) is 9.32. The molecule has 2 N–H and O–H groups in total. The maximum absolute atomic E-state index is 13.9. The molecule has 0 radical (unpaired) electrons. The predicted octanol–water partition coefficient (Wildman–Crippen LogP) is 3.78. The van der Waals surface area contributed by atoms with Crippen LogP contribution in [0.25, 0.3) is 0 Å². The Hall–Kier alpha value is -3.33.